The van der Waals surface area contributed by atoms with Gasteiger partial charge in [-0.1, -0.05) is 0 Å². The van der Waals surface area contributed by atoms with Crippen LogP contribution in [0.3, 0.4) is 0 Å². The Morgan fingerprint density at radius 1 is 1.31 bits per heavy atom. The zero-order chi connectivity index (χ0) is 12.3. The molecule has 1 aromatic rings. The molecule has 2 N–H and O–H groups in total. The second-order valence-corrected chi connectivity index (χ2v) is 5.67. The van der Waals surface area contributed by atoms with Crippen LogP contribution in [0.2, 0.25) is 0 Å². The summed E-state index contributed by atoms with van der Waals surface area (Å²) < 4.78 is 24.9. The molecular weight excluding hydrogens is 230 g/mol. The van der Waals surface area contributed by atoms with Gasteiger partial charge in [0.15, 0.2) is 0 Å². The van der Waals surface area contributed by atoms with Gasteiger partial charge >= 0.3 is 0 Å². The van der Waals surface area contributed by atoms with Crippen LogP contribution in [0.25, 0.3) is 0 Å². The second kappa shape index (κ2) is 4.82. The smallest absolute Gasteiger partial charge is 0.242 e. The normalized spacial score (nSPS) is 14.0. The molecule has 1 atom stereocenters. The number of hydrogen-bond acceptors (Lipinski definition) is 4. The topological polar surface area (TPSA) is 77.8 Å². The molecule has 90 valence electrons. The van der Waals surface area contributed by atoms with E-state index in [9.17, 15) is 8.42 Å². The van der Waals surface area contributed by atoms with E-state index < -0.39 is 16.1 Å². The summed E-state index contributed by atoms with van der Waals surface area (Å²) in [5.41, 5.74) is 0. The highest BCUT2D eigenvalue weighted by Crippen LogP contribution is 2.17. The molecule has 0 saturated heterocycles. The van der Waals surface area contributed by atoms with Gasteiger partial charge in [-0.3, -0.25) is 0 Å². The lowest BCUT2D eigenvalue weighted by molar-refractivity contribution is 0.171. The van der Waals surface area contributed by atoms with Crippen LogP contribution in [0.4, 0.5) is 0 Å². The fourth-order valence-electron chi connectivity index (χ4n) is 1.27. The van der Waals surface area contributed by atoms with Crippen molar-refractivity contribution in [1.82, 2.24) is 4.31 Å². The molecule has 0 amide bonds. The molecule has 0 aromatic heterocycles. The average molecular weight is 245 g/mol. The van der Waals surface area contributed by atoms with E-state index in [1.54, 1.807) is 0 Å². The van der Waals surface area contributed by atoms with Crippen LogP contribution in [0.15, 0.2) is 29.2 Å². The number of benzene rings is 1. The van der Waals surface area contributed by atoms with Gasteiger partial charge < -0.3 is 10.2 Å². The van der Waals surface area contributed by atoms with E-state index in [1.165, 1.54) is 38.2 Å². The molecule has 0 aliphatic rings. The quantitative estimate of drug-likeness (QED) is 0.804. The van der Waals surface area contributed by atoms with E-state index in [1.807, 2.05) is 0 Å². The lowest BCUT2D eigenvalue weighted by Gasteiger charge is -2.18. The first-order valence-electron chi connectivity index (χ1n) is 4.77. The van der Waals surface area contributed by atoms with Crippen molar-refractivity contribution in [2.24, 2.45) is 0 Å². The van der Waals surface area contributed by atoms with Gasteiger partial charge in [-0.05, 0) is 31.2 Å². The number of aromatic hydroxyl groups is 1. The third kappa shape index (κ3) is 2.94. The molecule has 1 rings (SSSR count). The summed E-state index contributed by atoms with van der Waals surface area (Å²) in [5, 5.41) is 18.2. The molecule has 0 radical (unpaired) electrons. The van der Waals surface area contributed by atoms with Crippen LogP contribution in [-0.2, 0) is 10.0 Å². The van der Waals surface area contributed by atoms with Crippen LogP contribution < -0.4 is 0 Å². The van der Waals surface area contributed by atoms with Gasteiger partial charge in [0.1, 0.15) is 5.75 Å². The number of aliphatic hydroxyl groups excluding tert-OH is 1. The molecule has 0 heterocycles. The van der Waals surface area contributed by atoms with Crippen molar-refractivity contribution in [2.75, 3.05) is 13.6 Å². The molecule has 16 heavy (non-hydrogen) atoms. The Morgan fingerprint density at radius 2 is 1.81 bits per heavy atom. The van der Waals surface area contributed by atoms with E-state index in [4.69, 9.17) is 10.2 Å². The number of hydrogen-bond donors (Lipinski definition) is 2. The molecule has 1 unspecified atom stereocenters. The van der Waals surface area contributed by atoms with Crippen molar-refractivity contribution in [3.63, 3.8) is 0 Å². The van der Waals surface area contributed by atoms with Gasteiger partial charge in [-0.2, -0.15) is 4.31 Å². The van der Waals surface area contributed by atoms with Gasteiger partial charge in [0.05, 0.1) is 11.0 Å². The lowest BCUT2D eigenvalue weighted by Crippen LogP contribution is -2.33. The highest BCUT2D eigenvalue weighted by atomic mass is 32.2. The first kappa shape index (κ1) is 13.0. The predicted molar refractivity (Wildman–Crippen MR) is 59.6 cm³/mol. The summed E-state index contributed by atoms with van der Waals surface area (Å²) in [5.74, 6) is 0.0112. The SMILES string of the molecule is CC(O)CN(C)S(=O)(=O)c1ccc(O)cc1. The fraction of sp³-hybridized carbons (Fsp3) is 0.400. The van der Waals surface area contributed by atoms with E-state index in [0.717, 1.165) is 4.31 Å². The Bertz CT molecular complexity index is 438. The van der Waals surface area contributed by atoms with Crippen LogP contribution in [0, 0.1) is 0 Å². The van der Waals surface area contributed by atoms with Crippen LogP contribution in [0.5, 0.6) is 5.75 Å². The molecule has 0 aliphatic carbocycles. The predicted octanol–water partition coefficient (Wildman–Crippen LogP) is 0.394. The summed E-state index contributed by atoms with van der Waals surface area (Å²) in [4.78, 5) is 0.0912. The van der Waals surface area contributed by atoms with Gasteiger partial charge in [0, 0.05) is 13.6 Å². The zero-order valence-corrected chi connectivity index (χ0v) is 9.98. The maximum absolute atomic E-state index is 11.9. The van der Waals surface area contributed by atoms with E-state index in [0.29, 0.717) is 0 Å². The summed E-state index contributed by atoms with van der Waals surface area (Å²) >= 11 is 0. The molecule has 0 spiro atoms. The van der Waals surface area contributed by atoms with Crippen molar-refractivity contribution in [3.8, 4) is 5.75 Å². The number of likely N-dealkylation sites (N-methyl/N-ethyl adjacent to an activating group) is 1. The average Bonchev–Trinajstić information content (AvgIpc) is 2.17. The van der Waals surface area contributed by atoms with Crippen molar-refractivity contribution >= 4 is 10.0 Å². The molecule has 1 aromatic carbocycles. The minimum atomic E-state index is -3.59. The Labute approximate surface area is 95.0 Å². The van der Waals surface area contributed by atoms with Crippen LogP contribution in [-0.4, -0.2) is 42.6 Å². The molecule has 0 fully saturated rings. The molecule has 0 aliphatic heterocycles. The zero-order valence-electron chi connectivity index (χ0n) is 9.16. The summed E-state index contributed by atoms with van der Waals surface area (Å²) in [6.45, 7) is 1.55. The summed E-state index contributed by atoms with van der Waals surface area (Å²) in [6, 6.07) is 5.26. The van der Waals surface area contributed by atoms with Crippen LogP contribution in [0.1, 0.15) is 6.92 Å². The molecule has 5 nitrogen and oxygen atoms in total. The maximum Gasteiger partial charge on any atom is 0.242 e. The Morgan fingerprint density at radius 3 is 2.25 bits per heavy atom. The minimum absolute atomic E-state index is 0.0112. The Balaban J connectivity index is 2.97. The molecule has 0 saturated carbocycles. The number of aliphatic hydroxyl groups is 1. The standard InChI is InChI=1S/C10H15NO4S/c1-8(12)7-11(2)16(14,15)10-5-3-9(13)4-6-10/h3-6,8,12-13H,7H2,1-2H3. The largest absolute Gasteiger partial charge is 0.508 e. The van der Waals surface area contributed by atoms with E-state index in [-0.39, 0.29) is 17.2 Å². The lowest BCUT2D eigenvalue weighted by atomic mass is 10.3. The van der Waals surface area contributed by atoms with Gasteiger partial charge in [-0.15, -0.1) is 0 Å². The summed E-state index contributed by atoms with van der Waals surface area (Å²) in [6.07, 6.45) is -0.725. The van der Waals surface area contributed by atoms with Crippen LogP contribution >= 0.6 is 0 Å². The number of phenols is 1. The third-order valence-corrected chi connectivity index (χ3v) is 3.90. The molecule has 6 heteroatoms. The first-order valence-corrected chi connectivity index (χ1v) is 6.21. The second-order valence-electron chi connectivity index (χ2n) is 3.63. The third-order valence-electron chi connectivity index (χ3n) is 2.07. The van der Waals surface area contributed by atoms with Crippen molar-refractivity contribution in [1.29, 1.82) is 0 Å². The molecular formula is C10H15NO4S. The maximum atomic E-state index is 11.9. The number of sulfonamides is 1. The van der Waals surface area contributed by atoms with E-state index in [2.05, 4.69) is 0 Å². The minimum Gasteiger partial charge on any atom is -0.508 e. The first-order chi connectivity index (χ1) is 7.34. The Kier molecular flexibility index (Phi) is 3.90. The molecule has 0 bridgehead atoms. The summed E-state index contributed by atoms with van der Waals surface area (Å²) in [7, 11) is -2.19. The van der Waals surface area contributed by atoms with Gasteiger partial charge in [-0.25, -0.2) is 8.42 Å². The van der Waals surface area contributed by atoms with Crippen molar-refractivity contribution in [2.45, 2.75) is 17.9 Å². The number of phenolic OH excluding ortho intramolecular Hbond substituents is 1. The van der Waals surface area contributed by atoms with E-state index >= 15 is 0 Å². The van der Waals surface area contributed by atoms with Gasteiger partial charge in [0.2, 0.25) is 10.0 Å². The van der Waals surface area contributed by atoms with Crippen molar-refractivity contribution in [3.05, 3.63) is 24.3 Å². The fourth-order valence-corrected chi connectivity index (χ4v) is 2.52. The number of rotatable bonds is 4. The van der Waals surface area contributed by atoms with Gasteiger partial charge in [0.25, 0.3) is 0 Å². The number of nitrogens with zero attached hydrogens (tertiary/aromatic N) is 1. The van der Waals surface area contributed by atoms with Crippen molar-refractivity contribution < 1.29 is 18.6 Å². The highest BCUT2D eigenvalue weighted by Gasteiger charge is 2.21. The highest BCUT2D eigenvalue weighted by molar-refractivity contribution is 7.89. The Hall–Kier alpha value is -1.11. The monoisotopic (exact) mass is 245 g/mol.